The zero-order valence-electron chi connectivity index (χ0n) is 9.40. The Bertz CT molecular complexity index is 603. The van der Waals surface area contributed by atoms with Crippen LogP contribution in [-0.2, 0) is 16.6 Å². The predicted octanol–water partition coefficient (Wildman–Crippen LogP) is 3.48. The van der Waals surface area contributed by atoms with Crippen molar-refractivity contribution in [2.75, 3.05) is 5.73 Å². The van der Waals surface area contributed by atoms with Gasteiger partial charge in [-0.3, -0.25) is 4.21 Å². The first-order valence-electron chi connectivity index (χ1n) is 5.25. The van der Waals surface area contributed by atoms with Gasteiger partial charge in [0.15, 0.2) is 0 Å². The number of nitrogen functional groups attached to an aromatic ring is 1. The SMILES string of the molecule is Nc1cc(F)ccc1S(=O)Cc1ccccc1Br. The Morgan fingerprint density at radius 2 is 1.94 bits per heavy atom. The number of halogens is 2. The molecule has 2 N–H and O–H groups in total. The van der Waals surface area contributed by atoms with Crippen molar-refractivity contribution in [3.05, 3.63) is 58.3 Å². The fourth-order valence-electron chi connectivity index (χ4n) is 1.56. The van der Waals surface area contributed by atoms with Gasteiger partial charge in [0.05, 0.1) is 27.1 Å². The van der Waals surface area contributed by atoms with Gasteiger partial charge in [-0.25, -0.2) is 4.39 Å². The van der Waals surface area contributed by atoms with E-state index in [4.69, 9.17) is 5.73 Å². The summed E-state index contributed by atoms with van der Waals surface area (Å²) >= 11 is 3.40. The third-order valence-electron chi connectivity index (χ3n) is 2.46. The van der Waals surface area contributed by atoms with Crippen LogP contribution in [0.3, 0.4) is 0 Å². The second-order valence-electron chi connectivity index (χ2n) is 3.76. The van der Waals surface area contributed by atoms with Crippen molar-refractivity contribution in [3.63, 3.8) is 0 Å². The van der Waals surface area contributed by atoms with Gasteiger partial charge in [0.2, 0.25) is 0 Å². The molecule has 0 heterocycles. The molecule has 5 heteroatoms. The molecule has 94 valence electrons. The number of rotatable bonds is 3. The van der Waals surface area contributed by atoms with Crippen molar-refractivity contribution in [3.8, 4) is 0 Å². The van der Waals surface area contributed by atoms with Gasteiger partial charge in [0, 0.05) is 4.47 Å². The zero-order valence-corrected chi connectivity index (χ0v) is 11.8. The minimum absolute atomic E-state index is 0.223. The minimum atomic E-state index is -1.29. The van der Waals surface area contributed by atoms with Crippen molar-refractivity contribution in [1.29, 1.82) is 0 Å². The van der Waals surface area contributed by atoms with Crippen molar-refractivity contribution < 1.29 is 8.60 Å². The van der Waals surface area contributed by atoms with E-state index in [9.17, 15) is 8.60 Å². The number of nitrogens with two attached hydrogens (primary N) is 1. The standard InChI is InChI=1S/C13H11BrFNOS/c14-11-4-2-1-3-9(11)8-18(17)13-6-5-10(15)7-12(13)16/h1-7H,8,16H2. The maximum Gasteiger partial charge on any atom is 0.125 e. The van der Waals surface area contributed by atoms with E-state index in [2.05, 4.69) is 15.9 Å². The van der Waals surface area contributed by atoms with Crippen LogP contribution in [0.1, 0.15) is 5.56 Å². The monoisotopic (exact) mass is 327 g/mol. The Hall–Kier alpha value is -1.20. The van der Waals surface area contributed by atoms with Gasteiger partial charge in [-0.2, -0.15) is 0 Å². The normalized spacial score (nSPS) is 12.3. The maximum absolute atomic E-state index is 12.9. The van der Waals surface area contributed by atoms with Gasteiger partial charge in [0.25, 0.3) is 0 Å². The number of hydrogen-bond donors (Lipinski definition) is 1. The van der Waals surface area contributed by atoms with Crippen molar-refractivity contribution in [2.45, 2.75) is 10.6 Å². The smallest absolute Gasteiger partial charge is 0.125 e. The van der Waals surface area contributed by atoms with Gasteiger partial charge in [-0.1, -0.05) is 34.1 Å². The second-order valence-corrected chi connectivity index (χ2v) is 6.04. The lowest BCUT2D eigenvalue weighted by atomic mass is 10.2. The van der Waals surface area contributed by atoms with E-state index < -0.39 is 16.6 Å². The summed E-state index contributed by atoms with van der Waals surface area (Å²) in [6.07, 6.45) is 0. The first-order valence-corrected chi connectivity index (χ1v) is 7.36. The molecule has 1 unspecified atom stereocenters. The van der Waals surface area contributed by atoms with Crippen LogP contribution in [0.5, 0.6) is 0 Å². The molecule has 18 heavy (non-hydrogen) atoms. The molecule has 0 aliphatic heterocycles. The molecule has 0 aliphatic carbocycles. The largest absolute Gasteiger partial charge is 0.398 e. The Morgan fingerprint density at radius 1 is 1.22 bits per heavy atom. The van der Waals surface area contributed by atoms with E-state index in [1.165, 1.54) is 18.2 Å². The third-order valence-corrected chi connectivity index (χ3v) is 4.67. The zero-order chi connectivity index (χ0) is 13.1. The van der Waals surface area contributed by atoms with Gasteiger partial charge < -0.3 is 5.73 Å². The molecular weight excluding hydrogens is 317 g/mol. The highest BCUT2D eigenvalue weighted by Gasteiger charge is 2.11. The second kappa shape index (κ2) is 5.63. The van der Waals surface area contributed by atoms with Crippen LogP contribution >= 0.6 is 15.9 Å². The first kappa shape index (κ1) is 13.2. The van der Waals surface area contributed by atoms with Crippen LogP contribution in [0.25, 0.3) is 0 Å². The topological polar surface area (TPSA) is 43.1 Å². The van der Waals surface area contributed by atoms with Crippen LogP contribution in [0.4, 0.5) is 10.1 Å². The van der Waals surface area contributed by atoms with Crippen molar-refractivity contribution in [1.82, 2.24) is 0 Å². The summed E-state index contributed by atoms with van der Waals surface area (Å²) in [5.74, 6) is -0.0776. The Balaban J connectivity index is 2.25. The molecule has 0 saturated carbocycles. The first-order chi connectivity index (χ1) is 8.58. The van der Waals surface area contributed by atoms with Crippen molar-refractivity contribution in [2.24, 2.45) is 0 Å². The van der Waals surface area contributed by atoms with E-state index in [1.807, 2.05) is 24.3 Å². The Labute approximate surface area is 116 Å². The fraction of sp³-hybridized carbons (Fsp3) is 0.0769. The van der Waals surface area contributed by atoms with E-state index in [-0.39, 0.29) is 5.69 Å². The van der Waals surface area contributed by atoms with Gasteiger partial charge >= 0.3 is 0 Å². The quantitative estimate of drug-likeness (QED) is 0.877. The molecule has 2 nitrogen and oxygen atoms in total. The van der Waals surface area contributed by atoms with E-state index in [1.54, 1.807) is 0 Å². The van der Waals surface area contributed by atoms with Crippen molar-refractivity contribution >= 4 is 32.4 Å². The molecular formula is C13H11BrFNOS. The fourth-order valence-corrected chi connectivity index (χ4v) is 3.40. The molecule has 0 radical (unpaired) electrons. The molecule has 0 spiro atoms. The highest BCUT2D eigenvalue weighted by molar-refractivity contribution is 9.10. The molecule has 2 rings (SSSR count). The Morgan fingerprint density at radius 3 is 2.61 bits per heavy atom. The minimum Gasteiger partial charge on any atom is -0.398 e. The summed E-state index contributed by atoms with van der Waals surface area (Å²) < 4.78 is 26.0. The summed E-state index contributed by atoms with van der Waals surface area (Å²) in [6, 6.07) is 11.5. The highest BCUT2D eigenvalue weighted by Crippen LogP contribution is 2.23. The summed E-state index contributed by atoms with van der Waals surface area (Å²) in [5, 5.41) is 0. The Kier molecular flexibility index (Phi) is 4.14. The van der Waals surface area contributed by atoms with Gasteiger partial charge in [-0.05, 0) is 29.8 Å². The number of benzene rings is 2. The molecule has 0 aliphatic rings. The average molecular weight is 328 g/mol. The molecule has 0 saturated heterocycles. The molecule has 0 fully saturated rings. The van der Waals surface area contributed by atoms with E-state index in [0.717, 1.165) is 10.0 Å². The lowest BCUT2D eigenvalue weighted by molar-refractivity contribution is 0.627. The summed E-state index contributed by atoms with van der Waals surface area (Å²) in [5.41, 5.74) is 6.82. The van der Waals surface area contributed by atoms with E-state index >= 15 is 0 Å². The summed E-state index contributed by atoms with van der Waals surface area (Å²) in [7, 11) is -1.29. The van der Waals surface area contributed by atoms with Crippen LogP contribution in [0.15, 0.2) is 51.8 Å². The van der Waals surface area contributed by atoms with Gasteiger partial charge in [-0.15, -0.1) is 0 Å². The molecule has 0 amide bonds. The van der Waals surface area contributed by atoms with E-state index in [0.29, 0.717) is 10.6 Å². The number of anilines is 1. The molecule has 2 aromatic carbocycles. The average Bonchev–Trinajstić information content (AvgIpc) is 2.32. The lowest BCUT2D eigenvalue weighted by Crippen LogP contribution is -2.01. The van der Waals surface area contributed by atoms with Crippen LogP contribution < -0.4 is 5.73 Å². The third kappa shape index (κ3) is 2.97. The summed E-state index contributed by atoms with van der Waals surface area (Å²) in [4.78, 5) is 0.465. The predicted molar refractivity (Wildman–Crippen MR) is 75.1 cm³/mol. The van der Waals surface area contributed by atoms with Crippen LogP contribution in [0, 0.1) is 5.82 Å². The van der Waals surface area contributed by atoms with Gasteiger partial charge in [0.1, 0.15) is 5.82 Å². The van der Waals surface area contributed by atoms with Crippen LogP contribution in [0.2, 0.25) is 0 Å². The molecule has 0 bridgehead atoms. The summed E-state index contributed by atoms with van der Waals surface area (Å²) in [6.45, 7) is 0. The lowest BCUT2D eigenvalue weighted by Gasteiger charge is -2.07. The maximum atomic E-state index is 12.9. The molecule has 0 aromatic heterocycles. The van der Waals surface area contributed by atoms with Crippen LogP contribution in [-0.4, -0.2) is 4.21 Å². The number of hydrogen-bond acceptors (Lipinski definition) is 2. The highest BCUT2D eigenvalue weighted by atomic mass is 79.9. The molecule has 2 aromatic rings. The molecule has 1 atom stereocenters.